The Balaban J connectivity index is 1.37. The van der Waals surface area contributed by atoms with Crippen molar-refractivity contribution in [3.8, 4) is 5.75 Å². The van der Waals surface area contributed by atoms with Crippen molar-refractivity contribution in [2.75, 3.05) is 13.1 Å². The first-order valence-electron chi connectivity index (χ1n) is 13.0. The van der Waals surface area contributed by atoms with E-state index < -0.39 is 0 Å². The molecular formula is C32H31Cl2NO4. The van der Waals surface area contributed by atoms with Crippen LogP contribution in [0.4, 0.5) is 0 Å². The topological polar surface area (TPSA) is 40.2 Å². The smallest absolute Gasteiger partial charge is 0.149 e. The monoisotopic (exact) mass is 563 g/mol. The van der Waals surface area contributed by atoms with Crippen molar-refractivity contribution in [3.63, 3.8) is 0 Å². The summed E-state index contributed by atoms with van der Waals surface area (Å²) in [6, 6.07) is 35.6. The Labute approximate surface area is 239 Å². The maximum absolute atomic E-state index is 6.53. The Morgan fingerprint density at radius 3 is 1.49 bits per heavy atom. The van der Waals surface area contributed by atoms with Gasteiger partial charge in [-0.1, -0.05) is 114 Å². The van der Waals surface area contributed by atoms with E-state index in [2.05, 4.69) is 36.4 Å². The second-order valence-corrected chi connectivity index (χ2v) is 10.3. The molecule has 2 unspecified atom stereocenters. The molecule has 0 bridgehead atoms. The molecule has 7 heteroatoms. The lowest BCUT2D eigenvalue weighted by Crippen LogP contribution is -2.58. The van der Waals surface area contributed by atoms with E-state index in [1.165, 1.54) is 0 Å². The van der Waals surface area contributed by atoms with Gasteiger partial charge >= 0.3 is 0 Å². The molecule has 1 fully saturated rings. The average molecular weight is 565 g/mol. The zero-order chi connectivity index (χ0) is 26.9. The summed E-state index contributed by atoms with van der Waals surface area (Å²) in [6.07, 6.45) is -0.941. The molecule has 39 heavy (non-hydrogen) atoms. The third kappa shape index (κ3) is 8.05. The van der Waals surface area contributed by atoms with Gasteiger partial charge < -0.3 is 19.0 Å². The molecule has 1 heterocycles. The van der Waals surface area contributed by atoms with Gasteiger partial charge in [-0.3, -0.25) is 0 Å². The number of rotatable bonds is 11. The van der Waals surface area contributed by atoms with Gasteiger partial charge in [0.15, 0.2) is 0 Å². The lowest BCUT2D eigenvalue weighted by atomic mass is 10.0. The summed E-state index contributed by atoms with van der Waals surface area (Å²) in [6.45, 7) is 2.32. The lowest BCUT2D eigenvalue weighted by molar-refractivity contribution is -0.228. The van der Waals surface area contributed by atoms with Crippen LogP contribution in [0.15, 0.2) is 109 Å². The van der Waals surface area contributed by atoms with Crippen LogP contribution in [0.25, 0.3) is 0 Å². The SMILES string of the molecule is Clc1ccc(ON2CC(OCc3ccccc3)C(OCc3ccccc3)C(OCc3ccccc3)C2)cc1Cl. The van der Waals surface area contributed by atoms with Crippen LogP contribution < -0.4 is 4.84 Å². The normalized spacial score (nSPS) is 19.6. The van der Waals surface area contributed by atoms with Crippen molar-refractivity contribution in [3.05, 3.63) is 136 Å². The number of benzene rings is 4. The molecule has 0 N–H and O–H groups in total. The fraction of sp³-hybridized carbons (Fsp3) is 0.250. The van der Waals surface area contributed by atoms with Gasteiger partial charge in [0.25, 0.3) is 0 Å². The molecule has 4 aromatic carbocycles. The third-order valence-electron chi connectivity index (χ3n) is 6.52. The van der Waals surface area contributed by atoms with E-state index in [0.29, 0.717) is 48.7 Å². The number of hydrogen-bond acceptors (Lipinski definition) is 5. The summed E-state index contributed by atoms with van der Waals surface area (Å²) in [5.41, 5.74) is 3.27. The van der Waals surface area contributed by atoms with Crippen LogP contribution in [0, 0.1) is 0 Å². The largest absolute Gasteiger partial charge is 0.406 e. The fourth-order valence-corrected chi connectivity index (χ4v) is 4.80. The quantitative estimate of drug-likeness (QED) is 0.190. The van der Waals surface area contributed by atoms with Crippen LogP contribution in [-0.4, -0.2) is 36.5 Å². The van der Waals surface area contributed by atoms with E-state index >= 15 is 0 Å². The van der Waals surface area contributed by atoms with Gasteiger partial charge in [0.1, 0.15) is 24.1 Å². The van der Waals surface area contributed by atoms with Gasteiger partial charge in [0, 0.05) is 6.07 Å². The molecule has 202 valence electrons. The van der Waals surface area contributed by atoms with E-state index in [0.717, 1.165) is 16.7 Å². The van der Waals surface area contributed by atoms with E-state index in [1.54, 1.807) is 18.2 Å². The number of hydrogen-bond donors (Lipinski definition) is 0. The van der Waals surface area contributed by atoms with Gasteiger partial charge in [-0.15, -0.1) is 5.06 Å². The van der Waals surface area contributed by atoms with Gasteiger partial charge in [-0.05, 0) is 28.8 Å². The second-order valence-electron chi connectivity index (χ2n) is 9.45. The zero-order valence-corrected chi connectivity index (χ0v) is 23.0. The summed E-state index contributed by atoms with van der Waals surface area (Å²) >= 11 is 12.4. The molecule has 1 aliphatic rings. The van der Waals surface area contributed by atoms with Gasteiger partial charge in [0.05, 0.1) is 43.0 Å². The highest BCUT2D eigenvalue weighted by Gasteiger charge is 2.40. The molecule has 0 aliphatic carbocycles. The third-order valence-corrected chi connectivity index (χ3v) is 7.26. The number of halogens is 2. The van der Waals surface area contributed by atoms with Crippen LogP contribution in [0.3, 0.4) is 0 Å². The molecule has 0 radical (unpaired) electrons. The highest BCUT2D eigenvalue weighted by atomic mass is 35.5. The molecule has 1 saturated heterocycles. The van der Waals surface area contributed by atoms with Crippen LogP contribution in [-0.2, 0) is 34.0 Å². The molecule has 0 amide bonds. The van der Waals surface area contributed by atoms with Gasteiger partial charge in [0.2, 0.25) is 0 Å². The lowest BCUT2D eigenvalue weighted by Gasteiger charge is -2.42. The second kappa shape index (κ2) is 13.9. The van der Waals surface area contributed by atoms with Gasteiger partial charge in [-0.2, -0.15) is 0 Å². The Bertz CT molecular complexity index is 1240. The van der Waals surface area contributed by atoms with Crippen molar-refractivity contribution in [1.29, 1.82) is 0 Å². The van der Waals surface area contributed by atoms with Crippen LogP contribution >= 0.6 is 23.2 Å². The Hall–Kier alpha value is -2.90. The number of ether oxygens (including phenoxy) is 3. The Morgan fingerprint density at radius 1 is 0.564 bits per heavy atom. The first-order valence-corrected chi connectivity index (χ1v) is 13.7. The summed E-state index contributed by atoms with van der Waals surface area (Å²) in [7, 11) is 0. The number of nitrogens with zero attached hydrogens (tertiary/aromatic N) is 1. The van der Waals surface area contributed by atoms with Crippen molar-refractivity contribution in [1.82, 2.24) is 5.06 Å². The highest BCUT2D eigenvalue weighted by Crippen LogP contribution is 2.29. The predicted octanol–water partition coefficient (Wildman–Crippen LogP) is 7.36. The van der Waals surface area contributed by atoms with Crippen LogP contribution in [0.2, 0.25) is 10.0 Å². The summed E-state index contributed by atoms with van der Waals surface area (Å²) in [4.78, 5) is 6.24. The van der Waals surface area contributed by atoms with Crippen molar-refractivity contribution >= 4 is 23.2 Å². The fourth-order valence-electron chi connectivity index (χ4n) is 4.51. The average Bonchev–Trinajstić information content (AvgIpc) is 2.98. The van der Waals surface area contributed by atoms with E-state index in [-0.39, 0.29) is 18.3 Å². The molecule has 4 aromatic rings. The molecule has 0 saturated carbocycles. The minimum Gasteiger partial charge on any atom is -0.406 e. The highest BCUT2D eigenvalue weighted by molar-refractivity contribution is 6.42. The maximum atomic E-state index is 6.53. The van der Waals surface area contributed by atoms with E-state index in [4.69, 9.17) is 42.3 Å². The molecule has 1 aliphatic heterocycles. The molecule has 5 nitrogen and oxygen atoms in total. The van der Waals surface area contributed by atoms with Crippen molar-refractivity contribution in [2.24, 2.45) is 0 Å². The molecule has 0 spiro atoms. The summed E-state index contributed by atoms with van der Waals surface area (Å²) in [5.74, 6) is 0.594. The zero-order valence-electron chi connectivity index (χ0n) is 21.5. The molecular weight excluding hydrogens is 533 g/mol. The van der Waals surface area contributed by atoms with Gasteiger partial charge in [-0.25, -0.2) is 0 Å². The minimum atomic E-state index is -0.314. The summed E-state index contributed by atoms with van der Waals surface area (Å²) in [5, 5.41) is 2.77. The first kappa shape index (κ1) is 27.7. The Morgan fingerprint density at radius 2 is 1.03 bits per heavy atom. The number of hydroxylamine groups is 2. The van der Waals surface area contributed by atoms with E-state index in [1.807, 2.05) is 59.7 Å². The van der Waals surface area contributed by atoms with Crippen LogP contribution in [0.5, 0.6) is 5.75 Å². The van der Waals surface area contributed by atoms with Crippen LogP contribution in [0.1, 0.15) is 16.7 Å². The Kier molecular flexibility index (Phi) is 9.89. The predicted molar refractivity (Wildman–Crippen MR) is 154 cm³/mol. The maximum Gasteiger partial charge on any atom is 0.149 e. The first-order chi connectivity index (χ1) is 19.1. The molecule has 5 rings (SSSR count). The van der Waals surface area contributed by atoms with E-state index in [9.17, 15) is 0 Å². The standard InChI is InChI=1S/C32H31Cl2NO4/c33-28-17-16-27(18-29(28)34)39-35-19-30(36-21-24-10-4-1-5-11-24)32(38-23-26-14-8-3-9-15-26)31(20-35)37-22-25-12-6-2-7-13-25/h1-18,30-32H,19-23H2. The van der Waals surface area contributed by atoms with Crippen molar-refractivity contribution in [2.45, 2.75) is 38.1 Å². The molecule has 2 atom stereocenters. The molecule has 0 aromatic heterocycles. The summed E-state index contributed by atoms with van der Waals surface area (Å²) < 4.78 is 19.5. The minimum absolute atomic E-state index is 0.314. The van der Waals surface area contributed by atoms with Crippen molar-refractivity contribution < 1.29 is 19.0 Å². The number of piperidine rings is 1.